The van der Waals surface area contributed by atoms with Gasteiger partial charge < -0.3 is 21.3 Å². The van der Waals surface area contributed by atoms with Crippen LogP contribution < -0.4 is 21.7 Å². The van der Waals surface area contributed by atoms with Crippen LogP contribution in [-0.2, 0) is 4.79 Å². The van der Waals surface area contributed by atoms with Gasteiger partial charge in [-0.3, -0.25) is 19.3 Å². The number of aromatic nitrogens is 1. The predicted molar refractivity (Wildman–Crippen MR) is 97.9 cm³/mol. The van der Waals surface area contributed by atoms with Crippen molar-refractivity contribution in [1.29, 1.82) is 0 Å². The SMILES string of the molecule is NC(=O)c1noc(C(=O)N(CC(=O)NC2CCCC2)c2cccc(F)c2)c1N. The number of hydrogen-bond acceptors (Lipinski definition) is 6. The molecule has 0 radical (unpaired) electrons. The molecule has 2 aromatic rings. The van der Waals surface area contributed by atoms with E-state index in [1.165, 1.54) is 18.2 Å². The molecule has 10 heteroatoms. The van der Waals surface area contributed by atoms with Crippen LogP contribution in [0.4, 0.5) is 15.8 Å². The number of nitrogens with two attached hydrogens (primary N) is 2. The molecular weight excluding hydrogens is 369 g/mol. The summed E-state index contributed by atoms with van der Waals surface area (Å²) in [5, 5.41) is 6.26. The van der Waals surface area contributed by atoms with Gasteiger partial charge in [0, 0.05) is 11.7 Å². The monoisotopic (exact) mass is 389 g/mol. The number of nitrogens with zero attached hydrogens (tertiary/aromatic N) is 2. The number of carbonyl (C=O) groups is 3. The van der Waals surface area contributed by atoms with E-state index < -0.39 is 35.0 Å². The summed E-state index contributed by atoms with van der Waals surface area (Å²) >= 11 is 0. The molecule has 1 aromatic heterocycles. The molecule has 1 aromatic carbocycles. The van der Waals surface area contributed by atoms with E-state index in [0.717, 1.165) is 36.6 Å². The third kappa shape index (κ3) is 4.11. The lowest BCUT2D eigenvalue weighted by molar-refractivity contribution is -0.120. The average Bonchev–Trinajstić information content (AvgIpc) is 3.28. The summed E-state index contributed by atoms with van der Waals surface area (Å²) in [6.07, 6.45) is 3.80. The maximum Gasteiger partial charge on any atom is 0.299 e. The second-order valence-corrected chi connectivity index (χ2v) is 6.56. The Bertz CT molecular complexity index is 907. The fraction of sp³-hybridized carbons (Fsp3) is 0.333. The number of rotatable bonds is 6. The number of anilines is 2. The van der Waals surface area contributed by atoms with Crippen molar-refractivity contribution in [2.45, 2.75) is 31.7 Å². The Morgan fingerprint density at radius 2 is 2.00 bits per heavy atom. The van der Waals surface area contributed by atoms with E-state index in [2.05, 4.69) is 10.5 Å². The molecule has 28 heavy (non-hydrogen) atoms. The molecule has 3 amide bonds. The van der Waals surface area contributed by atoms with E-state index in [9.17, 15) is 18.8 Å². The summed E-state index contributed by atoms with van der Waals surface area (Å²) in [6, 6.07) is 5.22. The van der Waals surface area contributed by atoms with Crippen molar-refractivity contribution in [3.8, 4) is 0 Å². The van der Waals surface area contributed by atoms with Crippen molar-refractivity contribution in [3.05, 3.63) is 41.5 Å². The second kappa shape index (κ2) is 8.07. The van der Waals surface area contributed by atoms with E-state index >= 15 is 0 Å². The zero-order valence-corrected chi connectivity index (χ0v) is 15.0. The Morgan fingerprint density at radius 3 is 2.61 bits per heavy atom. The average molecular weight is 389 g/mol. The van der Waals surface area contributed by atoms with Crippen molar-refractivity contribution in [2.75, 3.05) is 17.2 Å². The number of nitrogens with one attached hydrogen (secondary N) is 1. The Balaban J connectivity index is 1.88. The zero-order chi connectivity index (χ0) is 20.3. The van der Waals surface area contributed by atoms with Crippen molar-refractivity contribution < 1.29 is 23.3 Å². The maximum atomic E-state index is 13.7. The number of nitrogen functional groups attached to an aromatic ring is 1. The largest absolute Gasteiger partial charge is 0.393 e. The predicted octanol–water partition coefficient (Wildman–Crippen LogP) is 1.20. The minimum Gasteiger partial charge on any atom is -0.393 e. The maximum absolute atomic E-state index is 13.7. The Morgan fingerprint density at radius 1 is 1.29 bits per heavy atom. The fourth-order valence-corrected chi connectivity index (χ4v) is 3.16. The van der Waals surface area contributed by atoms with Crippen molar-refractivity contribution in [1.82, 2.24) is 10.5 Å². The van der Waals surface area contributed by atoms with Crippen LogP contribution in [0.2, 0.25) is 0 Å². The van der Waals surface area contributed by atoms with Crippen LogP contribution >= 0.6 is 0 Å². The van der Waals surface area contributed by atoms with Crippen LogP contribution in [0.5, 0.6) is 0 Å². The fourth-order valence-electron chi connectivity index (χ4n) is 3.16. The first-order valence-corrected chi connectivity index (χ1v) is 8.78. The highest BCUT2D eigenvalue weighted by Gasteiger charge is 2.30. The van der Waals surface area contributed by atoms with Gasteiger partial charge >= 0.3 is 0 Å². The first-order chi connectivity index (χ1) is 13.4. The van der Waals surface area contributed by atoms with Gasteiger partial charge in [0.1, 0.15) is 18.0 Å². The Hall–Kier alpha value is -3.43. The summed E-state index contributed by atoms with van der Waals surface area (Å²) in [4.78, 5) is 37.7. The summed E-state index contributed by atoms with van der Waals surface area (Å²) < 4.78 is 18.6. The van der Waals surface area contributed by atoms with Gasteiger partial charge in [-0.1, -0.05) is 24.1 Å². The minimum atomic E-state index is -0.961. The van der Waals surface area contributed by atoms with E-state index in [1.807, 2.05) is 0 Å². The van der Waals surface area contributed by atoms with Crippen LogP contribution in [0.25, 0.3) is 0 Å². The highest BCUT2D eigenvalue weighted by atomic mass is 19.1. The lowest BCUT2D eigenvalue weighted by atomic mass is 10.2. The molecule has 3 rings (SSSR count). The lowest BCUT2D eigenvalue weighted by Crippen LogP contribution is -2.43. The number of halogens is 1. The van der Waals surface area contributed by atoms with E-state index in [-0.39, 0.29) is 24.0 Å². The van der Waals surface area contributed by atoms with Crippen LogP contribution in [0, 0.1) is 5.82 Å². The van der Waals surface area contributed by atoms with Gasteiger partial charge in [-0.25, -0.2) is 4.39 Å². The third-order valence-corrected chi connectivity index (χ3v) is 4.54. The van der Waals surface area contributed by atoms with Gasteiger partial charge in [0.25, 0.3) is 11.8 Å². The molecule has 0 saturated heterocycles. The van der Waals surface area contributed by atoms with Gasteiger partial charge in [-0.05, 0) is 31.0 Å². The standard InChI is InChI=1S/C18H20FN5O4/c19-10-4-3-7-12(8-10)24(9-13(25)22-11-5-1-2-6-11)18(27)16-14(20)15(17(21)26)23-28-16/h3-4,7-8,11H,1-2,5-6,9,20H2,(H2,21,26)(H,22,25). The van der Waals surface area contributed by atoms with Crippen LogP contribution in [0.1, 0.15) is 46.7 Å². The van der Waals surface area contributed by atoms with Gasteiger partial charge in [-0.15, -0.1) is 0 Å². The highest BCUT2D eigenvalue weighted by molar-refractivity contribution is 6.12. The minimum absolute atomic E-state index is 0.0498. The van der Waals surface area contributed by atoms with E-state index in [4.69, 9.17) is 16.0 Å². The van der Waals surface area contributed by atoms with E-state index in [0.29, 0.717) is 0 Å². The lowest BCUT2D eigenvalue weighted by Gasteiger charge is -2.22. The smallest absolute Gasteiger partial charge is 0.299 e. The number of amides is 3. The van der Waals surface area contributed by atoms with E-state index in [1.54, 1.807) is 0 Å². The quantitative estimate of drug-likeness (QED) is 0.677. The van der Waals surface area contributed by atoms with Gasteiger partial charge in [0.2, 0.25) is 11.7 Å². The molecule has 1 aliphatic carbocycles. The number of hydrogen-bond donors (Lipinski definition) is 3. The van der Waals surface area contributed by atoms with Crippen LogP contribution in [0.3, 0.4) is 0 Å². The number of carbonyl (C=O) groups excluding carboxylic acids is 3. The molecule has 0 atom stereocenters. The molecule has 9 nitrogen and oxygen atoms in total. The van der Waals surface area contributed by atoms with Crippen molar-refractivity contribution in [2.24, 2.45) is 5.73 Å². The summed E-state index contributed by atoms with van der Waals surface area (Å²) in [5.41, 5.74) is 10.3. The Labute approximate surface area is 159 Å². The first kappa shape index (κ1) is 19.3. The molecule has 1 heterocycles. The number of benzene rings is 1. The van der Waals surface area contributed by atoms with Gasteiger partial charge in [0.15, 0.2) is 5.69 Å². The molecular formula is C18H20FN5O4. The normalized spacial score (nSPS) is 14.0. The molecule has 0 bridgehead atoms. The molecule has 1 saturated carbocycles. The third-order valence-electron chi connectivity index (χ3n) is 4.54. The zero-order valence-electron chi connectivity index (χ0n) is 15.0. The summed E-state index contributed by atoms with van der Waals surface area (Å²) in [5.74, 6) is -3.25. The molecule has 1 fully saturated rings. The molecule has 0 unspecified atom stereocenters. The summed E-state index contributed by atoms with van der Waals surface area (Å²) in [6.45, 7) is -0.384. The Kier molecular flexibility index (Phi) is 5.57. The van der Waals surface area contributed by atoms with Crippen molar-refractivity contribution >= 4 is 29.1 Å². The van der Waals surface area contributed by atoms with Gasteiger partial charge in [-0.2, -0.15) is 0 Å². The van der Waals surface area contributed by atoms with Gasteiger partial charge in [0.05, 0.1) is 0 Å². The number of primary amides is 1. The summed E-state index contributed by atoms with van der Waals surface area (Å²) in [7, 11) is 0. The molecule has 148 valence electrons. The van der Waals surface area contributed by atoms with Crippen LogP contribution in [0.15, 0.2) is 28.8 Å². The molecule has 0 spiro atoms. The second-order valence-electron chi connectivity index (χ2n) is 6.56. The molecule has 5 N–H and O–H groups in total. The molecule has 0 aliphatic heterocycles. The topological polar surface area (TPSA) is 145 Å². The molecule has 1 aliphatic rings. The highest BCUT2D eigenvalue weighted by Crippen LogP contribution is 2.23. The van der Waals surface area contributed by atoms with Crippen LogP contribution in [-0.4, -0.2) is 35.5 Å². The first-order valence-electron chi connectivity index (χ1n) is 8.78. The van der Waals surface area contributed by atoms with Crippen molar-refractivity contribution in [3.63, 3.8) is 0 Å².